The number of ether oxygens (including phenoxy) is 2. The third-order valence-electron chi connectivity index (χ3n) is 6.53. The second kappa shape index (κ2) is 8.02. The van der Waals surface area contributed by atoms with Gasteiger partial charge in [0, 0.05) is 36.1 Å². The number of aromatic nitrogens is 3. The quantitative estimate of drug-likeness (QED) is 0.432. The van der Waals surface area contributed by atoms with E-state index in [0.717, 1.165) is 6.54 Å². The lowest BCUT2D eigenvalue weighted by molar-refractivity contribution is 0.101. The van der Waals surface area contributed by atoms with Crippen LogP contribution in [0.2, 0.25) is 0 Å². The summed E-state index contributed by atoms with van der Waals surface area (Å²) in [5.74, 6) is -0.276. The molecule has 10 heteroatoms. The van der Waals surface area contributed by atoms with Crippen LogP contribution in [0.25, 0.3) is 32.9 Å². The summed E-state index contributed by atoms with van der Waals surface area (Å²) in [4.78, 5) is 27.9. The van der Waals surface area contributed by atoms with Gasteiger partial charge in [0.25, 0.3) is 0 Å². The topological polar surface area (TPSA) is 110 Å². The van der Waals surface area contributed by atoms with Gasteiger partial charge in [-0.3, -0.25) is 4.79 Å². The maximum atomic E-state index is 16.3. The predicted molar refractivity (Wildman–Crippen MR) is 128 cm³/mol. The number of hydrogen-bond donors (Lipinski definition) is 2. The average molecular weight is 475 g/mol. The highest BCUT2D eigenvalue weighted by Gasteiger charge is 2.34. The van der Waals surface area contributed by atoms with Gasteiger partial charge in [-0.05, 0) is 24.4 Å². The number of pyridine rings is 1. The molecule has 178 valence electrons. The number of piperazine rings is 1. The Labute approximate surface area is 199 Å². The van der Waals surface area contributed by atoms with Crippen LogP contribution in [0.1, 0.15) is 17.3 Å². The summed E-state index contributed by atoms with van der Waals surface area (Å²) < 4.78 is 27.7. The van der Waals surface area contributed by atoms with Crippen molar-refractivity contribution >= 4 is 33.3 Å². The van der Waals surface area contributed by atoms with Crippen molar-refractivity contribution in [3.8, 4) is 28.9 Å². The molecule has 2 aromatic heterocycles. The van der Waals surface area contributed by atoms with E-state index in [1.807, 2.05) is 0 Å². The summed E-state index contributed by atoms with van der Waals surface area (Å²) >= 11 is 0. The molecule has 2 aromatic carbocycles. The number of carbonyl (C=O) groups is 1. The fraction of sp³-hybridized carbons (Fsp3) is 0.280. The minimum atomic E-state index is -0.715. The van der Waals surface area contributed by atoms with E-state index in [4.69, 9.17) is 9.47 Å². The number of fused-ring (bicyclic) bond motifs is 3. The first kappa shape index (κ1) is 21.5. The number of benzene rings is 2. The van der Waals surface area contributed by atoms with Crippen LogP contribution >= 0.6 is 0 Å². The Morgan fingerprint density at radius 1 is 1.26 bits per heavy atom. The molecule has 0 saturated carbocycles. The molecule has 6 rings (SSSR count). The third-order valence-corrected chi connectivity index (χ3v) is 6.53. The summed E-state index contributed by atoms with van der Waals surface area (Å²) in [5, 5.41) is 15.2. The molecular weight excluding hydrogens is 453 g/mol. The van der Waals surface area contributed by atoms with Gasteiger partial charge < -0.3 is 24.8 Å². The van der Waals surface area contributed by atoms with Crippen molar-refractivity contribution in [2.45, 2.75) is 13.0 Å². The molecule has 0 unspecified atom stereocenters. The fourth-order valence-electron chi connectivity index (χ4n) is 4.94. The van der Waals surface area contributed by atoms with Gasteiger partial charge in [0.1, 0.15) is 34.8 Å². The molecule has 9 nitrogen and oxygen atoms in total. The number of aromatic hydroxyl groups is 1. The van der Waals surface area contributed by atoms with Crippen LogP contribution in [0.4, 0.5) is 10.2 Å². The summed E-state index contributed by atoms with van der Waals surface area (Å²) in [6.07, 6.45) is 0. The molecule has 0 amide bonds. The zero-order valence-electron chi connectivity index (χ0n) is 19.1. The number of carbonyl (C=O) groups excluding carboxylic acids is 1. The zero-order chi connectivity index (χ0) is 24.3. The molecule has 0 aliphatic carbocycles. The Morgan fingerprint density at radius 2 is 2.11 bits per heavy atom. The summed E-state index contributed by atoms with van der Waals surface area (Å²) in [6.45, 7) is 3.85. The molecule has 2 aliphatic heterocycles. The molecule has 1 saturated heterocycles. The molecule has 4 aromatic rings. The number of hydrogen-bond acceptors (Lipinski definition) is 9. The van der Waals surface area contributed by atoms with Gasteiger partial charge in [-0.2, -0.15) is 9.97 Å². The largest absolute Gasteiger partial charge is 0.508 e. The smallest absolute Gasteiger partial charge is 0.318 e. The van der Waals surface area contributed by atoms with Crippen molar-refractivity contribution in [2.75, 3.05) is 38.3 Å². The number of nitrogens with one attached hydrogen (secondary N) is 1. The van der Waals surface area contributed by atoms with Gasteiger partial charge in [-0.15, -0.1) is 0 Å². The van der Waals surface area contributed by atoms with Crippen molar-refractivity contribution < 1.29 is 23.8 Å². The highest BCUT2D eigenvalue weighted by molar-refractivity contribution is 6.13. The molecule has 2 aliphatic rings. The van der Waals surface area contributed by atoms with E-state index in [-0.39, 0.29) is 46.2 Å². The average Bonchev–Trinajstić information content (AvgIpc) is 3.02. The Bertz CT molecular complexity index is 1530. The molecule has 4 heterocycles. The monoisotopic (exact) mass is 475 g/mol. The fourth-order valence-corrected chi connectivity index (χ4v) is 4.94. The zero-order valence-corrected chi connectivity index (χ0v) is 19.1. The minimum absolute atomic E-state index is 0.00262. The van der Waals surface area contributed by atoms with E-state index in [1.54, 1.807) is 18.2 Å². The van der Waals surface area contributed by atoms with E-state index in [1.165, 1.54) is 26.2 Å². The lowest BCUT2D eigenvalue weighted by atomic mass is 9.94. The first-order valence-corrected chi connectivity index (χ1v) is 11.3. The van der Waals surface area contributed by atoms with Crippen LogP contribution in [0.3, 0.4) is 0 Å². The molecule has 0 spiro atoms. The molecule has 0 bridgehead atoms. The first-order chi connectivity index (χ1) is 17.0. The lowest BCUT2D eigenvalue weighted by Gasteiger charge is -2.35. The van der Waals surface area contributed by atoms with Gasteiger partial charge >= 0.3 is 6.01 Å². The van der Waals surface area contributed by atoms with E-state index < -0.39 is 5.82 Å². The number of halogens is 1. The van der Waals surface area contributed by atoms with Gasteiger partial charge in [0.15, 0.2) is 11.6 Å². The van der Waals surface area contributed by atoms with Gasteiger partial charge in [-0.25, -0.2) is 9.37 Å². The van der Waals surface area contributed by atoms with Gasteiger partial charge in [0.2, 0.25) is 5.88 Å². The lowest BCUT2D eigenvalue weighted by Crippen LogP contribution is -2.53. The number of nitrogens with zero attached hydrogens (tertiary/aromatic N) is 4. The molecule has 1 atom stereocenters. The Hall–Kier alpha value is -4.05. The summed E-state index contributed by atoms with van der Waals surface area (Å²) in [7, 11) is 1.43. The van der Waals surface area contributed by atoms with E-state index in [2.05, 4.69) is 25.2 Å². The van der Waals surface area contributed by atoms with Gasteiger partial charge in [-0.1, -0.05) is 18.2 Å². The van der Waals surface area contributed by atoms with Crippen molar-refractivity contribution in [3.05, 3.63) is 41.7 Å². The molecule has 35 heavy (non-hydrogen) atoms. The summed E-state index contributed by atoms with van der Waals surface area (Å²) in [5.41, 5.74) is 0.595. The maximum Gasteiger partial charge on any atom is 0.318 e. The summed E-state index contributed by atoms with van der Waals surface area (Å²) in [6, 6.07) is 8.08. The second-order valence-corrected chi connectivity index (χ2v) is 8.65. The predicted octanol–water partition coefficient (Wildman–Crippen LogP) is 3.07. The molecular formula is C25H22FN5O4. The number of rotatable bonds is 3. The van der Waals surface area contributed by atoms with Gasteiger partial charge in [0.05, 0.1) is 13.2 Å². The molecule has 0 radical (unpaired) electrons. The van der Waals surface area contributed by atoms with E-state index in [0.29, 0.717) is 47.2 Å². The van der Waals surface area contributed by atoms with Crippen LogP contribution < -0.4 is 19.7 Å². The van der Waals surface area contributed by atoms with Crippen LogP contribution in [0, 0.1) is 5.82 Å². The Morgan fingerprint density at radius 3 is 2.91 bits per heavy atom. The SMILES string of the molecule is COc1nc2c3c(nc(-c4cc(O)cc5cccc(C(C)=O)c45)c(F)c3n1)OC[C@@H]1CNCCN21. The number of Topliss-reactive ketones (excluding diaryl/α,β-unsaturated/α-hetero) is 1. The van der Waals surface area contributed by atoms with Crippen molar-refractivity contribution in [1.82, 2.24) is 20.3 Å². The highest BCUT2D eigenvalue weighted by Crippen LogP contribution is 2.43. The van der Waals surface area contributed by atoms with Crippen molar-refractivity contribution in [1.29, 1.82) is 0 Å². The van der Waals surface area contributed by atoms with Crippen molar-refractivity contribution in [3.63, 3.8) is 0 Å². The van der Waals surface area contributed by atoms with E-state index >= 15 is 4.39 Å². The minimum Gasteiger partial charge on any atom is -0.508 e. The normalized spacial score (nSPS) is 17.1. The number of ketones is 1. The van der Waals surface area contributed by atoms with Crippen LogP contribution in [0.15, 0.2) is 30.3 Å². The Balaban J connectivity index is 1.70. The van der Waals surface area contributed by atoms with Crippen molar-refractivity contribution in [2.24, 2.45) is 0 Å². The molecule has 1 fully saturated rings. The number of methoxy groups -OCH3 is 1. The third kappa shape index (κ3) is 3.32. The Kier molecular flexibility index (Phi) is 4.92. The van der Waals surface area contributed by atoms with Crippen LogP contribution in [-0.4, -0.2) is 65.2 Å². The van der Waals surface area contributed by atoms with E-state index in [9.17, 15) is 9.90 Å². The van der Waals surface area contributed by atoms with Crippen LogP contribution in [-0.2, 0) is 0 Å². The number of phenols is 1. The number of phenolic OH excluding ortho intramolecular Hbond substituents is 1. The first-order valence-electron chi connectivity index (χ1n) is 11.3. The standard InChI is InChI=1S/C25H22FN5O4/c1-12(32)16-5-3-4-13-8-15(33)9-17(18(13)16)21-20(26)22-19-23(30-25(29-22)34-2)31-7-6-27-10-14(31)11-35-24(19)28-21/h3-5,8-9,14,27,33H,6-7,10-11H2,1-2H3/t14-/m0/s1. The van der Waals surface area contributed by atoms with Crippen LogP contribution in [0.5, 0.6) is 17.6 Å². The highest BCUT2D eigenvalue weighted by atomic mass is 19.1. The number of anilines is 1. The second-order valence-electron chi connectivity index (χ2n) is 8.65. The molecule has 2 N–H and O–H groups in total. The maximum absolute atomic E-state index is 16.3.